The Bertz CT molecular complexity index is 482. The van der Waals surface area contributed by atoms with E-state index in [0.29, 0.717) is 17.7 Å². The van der Waals surface area contributed by atoms with Crippen molar-refractivity contribution in [2.45, 2.75) is 25.8 Å². The molecule has 0 amide bonds. The Labute approximate surface area is 108 Å². The second-order valence-corrected chi connectivity index (χ2v) is 4.83. The SMILES string of the molecule is CCC(C)(Nc1cc(Br)ccc1C#N)C(=O)O. The molecule has 0 aliphatic rings. The predicted octanol–water partition coefficient (Wildman–Crippen LogP) is 2.99. The van der Waals surface area contributed by atoms with Gasteiger partial charge in [0.15, 0.2) is 0 Å². The van der Waals surface area contributed by atoms with Gasteiger partial charge in [0.2, 0.25) is 0 Å². The van der Waals surface area contributed by atoms with Crippen LogP contribution in [0.25, 0.3) is 0 Å². The zero-order chi connectivity index (χ0) is 13.1. The van der Waals surface area contributed by atoms with Gasteiger partial charge in [0.05, 0.1) is 11.3 Å². The van der Waals surface area contributed by atoms with Crippen LogP contribution < -0.4 is 5.32 Å². The van der Waals surface area contributed by atoms with Crippen molar-refractivity contribution >= 4 is 27.6 Å². The summed E-state index contributed by atoms with van der Waals surface area (Å²) in [6.45, 7) is 3.38. The maximum absolute atomic E-state index is 11.2. The van der Waals surface area contributed by atoms with Gasteiger partial charge in [-0.05, 0) is 31.5 Å². The molecule has 0 saturated carbocycles. The molecule has 0 spiro atoms. The third kappa shape index (κ3) is 2.98. The molecule has 1 unspecified atom stereocenters. The smallest absolute Gasteiger partial charge is 0.329 e. The first-order valence-electron chi connectivity index (χ1n) is 5.14. The summed E-state index contributed by atoms with van der Waals surface area (Å²) in [5.41, 5.74) is -0.130. The van der Waals surface area contributed by atoms with E-state index in [4.69, 9.17) is 10.4 Å². The molecule has 1 aromatic carbocycles. The van der Waals surface area contributed by atoms with E-state index in [-0.39, 0.29) is 0 Å². The van der Waals surface area contributed by atoms with E-state index in [0.717, 1.165) is 4.47 Å². The van der Waals surface area contributed by atoms with Crippen LogP contribution in [0.3, 0.4) is 0 Å². The molecule has 0 aliphatic heterocycles. The van der Waals surface area contributed by atoms with Gasteiger partial charge in [-0.25, -0.2) is 4.79 Å². The molecule has 0 fully saturated rings. The van der Waals surface area contributed by atoms with Gasteiger partial charge < -0.3 is 10.4 Å². The first-order valence-corrected chi connectivity index (χ1v) is 5.93. The second-order valence-electron chi connectivity index (χ2n) is 3.92. The number of benzene rings is 1. The summed E-state index contributed by atoms with van der Waals surface area (Å²) in [4.78, 5) is 11.2. The fourth-order valence-electron chi connectivity index (χ4n) is 1.31. The number of hydrogen-bond acceptors (Lipinski definition) is 3. The van der Waals surface area contributed by atoms with Crippen molar-refractivity contribution in [3.63, 3.8) is 0 Å². The molecule has 0 saturated heterocycles. The lowest BCUT2D eigenvalue weighted by Crippen LogP contribution is -2.42. The fraction of sp³-hybridized carbons (Fsp3) is 0.333. The molecule has 1 rings (SSSR count). The highest BCUT2D eigenvalue weighted by Gasteiger charge is 2.31. The van der Waals surface area contributed by atoms with Gasteiger partial charge >= 0.3 is 5.97 Å². The number of carbonyl (C=O) groups is 1. The molecule has 1 atom stereocenters. The first kappa shape index (κ1) is 13.5. The Hall–Kier alpha value is -1.54. The number of carboxylic acids is 1. The summed E-state index contributed by atoms with van der Waals surface area (Å²) in [6, 6.07) is 7.12. The number of aliphatic carboxylic acids is 1. The summed E-state index contributed by atoms with van der Waals surface area (Å²) < 4.78 is 0.794. The molecule has 4 nitrogen and oxygen atoms in total. The van der Waals surface area contributed by atoms with E-state index in [1.54, 1.807) is 32.0 Å². The minimum atomic E-state index is -1.08. The maximum Gasteiger partial charge on any atom is 0.329 e. The minimum Gasteiger partial charge on any atom is -0.480 e. The zero-order valence-electron chi connectivity index (χ0n) is 9.62. The molecular formula is C12H13BrN2O2. The maximum atomic E-state index is 11.2. The van der Waals surface area contributed by atoms with Crippen LogP contribution in [0.15, 0.2) is 22.7 Å². The molecule has 90 valence electrons. The highest BCUT2D eigenvalue weighted by molar-refractivity contribution is 9.10. The lowest BCUT2D eigenvalue weighted by atomic mass is 9.98. The normalized spacial score (nSPS) is 13.5. The van der Waals surface area contributed by atoms with Crippen LogP contribution in [0.5, 0.6) is 0 Å². The first-order chi connectivity index (χ1) is 7.92. The average Bonchev–Trinajstić information content (AvgIpc) is 2.29. The van der Waals surface area contributed by atoms with E-state index in [1.807, 2.05) is 6.07 Å². The number of nitrogens with zero attached hydrogens (tertiary/aromatic N) is 1. The van der Waals surface area contributed by atoms with Crippen LogP contribution in [-0.2, 0) is 4.79 Å². The summed E-state index contributed by atoms with van der Waals surface area (Å²) in [5.74, 6) is -0.941. The molecule has 5 heteroatoms. The van der Waals surface area contributed by atoms with Crippen molar-refractivity contribution in [2.24, 2.45) is 0 Å². The van der Waals surface area contributed by atoms with Gasteiger partial charge in [-0.15, -0.1) is 0 Å². The molecule has 0 heterocycles. The van der Waals surface area contributed by atoms with Crippen LogP contribution in [0.1, 0.15) is 25.8 Å². The van der Waals surface area contributed by atoms with Gasteiger partial charge in [0, 0.05) is 4.47 Å². The van der Waals surface area contributed by atoms with Crippen molar-refractivity contribution in [2.75, 3.05) is 5.32 Å². The molecule has 0 aliphatic carbocycles. The lowest BCUT2D eigenvalue weighted by Gasteiger charge is -2.26. The molecule has 17 heavy (non-hydrogen) atoms. The van der Waals surface area contributed by atoms with Crippen LogP contribution in [0.2, 0.25) is 0 Å². The standard InChI is InChI=1S/C12H13BrN2O2/c1-3-12(2,11(16)17)15-10-6-9(13)5-4-8(10)7-14/h4-6,15H,3H2,1-2H3,(H,16,17). The zero-order valence-corrected chi connectivity index (χ0v) is 11.2. The van der Waals surface area contributed by atoms with E-state index >= 15 is 0 Å². The number of anilines is 1. The number of halogens is 1. The predicted molar refractivity (Wildman–Crippen MR) is 68.8 cm³/mol. The Morgan fingerprint density at radius 3 is 2.76 bits per heavy atom. The van der Waals surface area contributed by atoms with E-state index in [9.17, 15) is 4.79 Å². The van der Waals surface area contributed by atoms with E-state index in [1.165, 1.54) is 0 Å². The third-order valence-corrected chi connectivity index (χ3v) is 3.19. The quantitative estimate of drug-likeness (QED) is 0.896. The summed E-state index contributed by atoms with van der Waals surface area (Å²) >= 11 is 3.30. The summed E-state index contributed by atoms with van der Waals surface area (Å²) in [6.07, 6.45) is 0.416. The number of nitriles is 1. The Morgan fingerprint density at radius 1 is 1.65 bits per heavy atom. The second kappa shape index (κ2) is 5.19. The van der Waals surface area contributed by atoms with Gasteiger partial charge in [-0.3, -0.25) is 0 Å². The van der Waals surface area contributed by atoms with Gasteiger partial charge in [0.1, 0.15) is 11.6 Å². The van der Waals surface area contributed by atoms with Crippen LogP contribution >= 0.6 is 15.9 Å². The van der Waals surface area contributed by atoms with Gasteiger partial charge in [-0.1, -0.05) is 22.9 Å². The number of hydrogen-bond donors (Lipinski definition) is 2. The highest BCUT2D eigenvalue weighted by Crippen LogP contribution is 2.25. The average molecular weight is 297 g/mol. The Balaban J connectivity index is 3.14. The van der Waals surface area contributed by atoms with Gasteiger partial charge in [0.25, 0.3) is 0 Å². The minimum absolute atomic E-state index is 0.416. The molecule has 0 aromatic heterocycles. The van der Waals surface area contributed by atoms with Crippen molar-refractivity contribution in [3.05, 3.63) is 28.2 Å². The number of carboxylic acid groups (broad SMARTS) is 1. The van der Waals surface area contributed by atoms with E-state index in [2.05, 4.69) is 21.2 Å². The van der Waals surface area contributed by atoms with Crippen molar-refractivity contribution < 1.29 is 9.90 Å². The van der Waals surface area contributed by atoms with Crippen molar-refractivity contribution in [1.82, 2.24) is 0 Å². The number of rotatable bonds is 4. The van der Waals surface area contributed by atoms with Crippen LogP contribution in [0.4, 0.5) is 5.69 Å². The third-order valence-electron chi connectivity index (χ3n) is 2.69. The van der Waals surface area contributed by atoms with Crippen LogP contribution in [0, 0.1) is 11.3 Å². The molecule has 1 aromatic rings. The monoisotopic (exact) mass is 296 g/mol. The molecule has 0 bridgehead atoms. The van der Waals surface area contributed by atoms with Crippen LogP contribution in [-0.4, -0.2) is 16.6 Å². The highest BCUT2D eigenvalue weighted by atomic mass is 79.9. The molecular weight excluding hydrogens is 284 g/mol. The van der Waals surface area contributed by atoms with Crippen molar-refractivity contribution in [1.29, 1.82) is 5.26 Å². The fourth-order valence-corrected chi connectivity index (χ4v) is 1.67. The molecule has 0 radical (unpaired) electrons. The van der Waals surface area contributed by atoms with Crippen molar-refractivity contribution in [3.8, 4) is 6.07 Å². The molecule has 2 N–H and O–H groups in total. The van der Waals surface area contributed by atoms with E-state index < -0.39 is 11.5 Å². The largest absolute Gasteiger partial charge is 0.480 e. The lowest BCUT2D eigenvalue weighted by molar-refractivity contribution is -0.141. The van der Waals surface area contributed by atoms with Gasteiger partial charge in [-0.2, -0.15) is 5.26 Å². The summed E-state index contributed by atoms with van der Waals surface area (Å²) in [7, 11) is 0. The number of nitrogens with one attached hydrogen (secondary N) is 1. The summed E-state index contributed by atoms with van der Waals surface area (Å²) in [5, 5.41) is 21.0. The Morgan fingerprint density at radius 2 is 2.29 bits per heavy atom. The topological polar surface area (TPSA) is 73.1 Å². The Kier molecular flexibility index (Phi) is 4.13.